The van der Waals surface area contributed by atoms with Crippen LogP contribution in [0.3, 0.4) is 0 Å². The fourth-order valence-electron chi connectivity index (χ4n) is 1.42. The lowest BCUT2D eigenvalue weighted by atomic mass is 10.3. The van der Waals surface area contributed by atoms with Crippen LogP contribution in [-0.2, 0) is 9.59 Å². The predicted molar refractivity (Wildman–Crippen MR) is 83.7 cm³/mol. The number of likely N-dealkylation sites (N-methyl/N-ethyl adjacent to an activating group) is 1. The number of carbonyl (C=O) groups is 2. The summed E-state index contributed by atoms with van der Waals surface area (Å²) < 4.78 is 5.29. The summed E-state index contributed by atoms with van der Waals surface area (Å²) in [5, 5.41) is 4.29. The number of anilines is 1. The van der Waals surface area contributed by atoms with Crippen molar-refractivity contribution in [3.63, 3.8) is 0 Å². The highest BCUT2D eigenvalue weighted by Crippen LogP contribution is 2.19. The monoisotopic (exact) mass is 330 g/mol. The van der Waals surface area contributed by atoms with Crippen molar-refractivity contribution in [1.82, 2.24) is 5.32 Å². The average Bonchev–Trinajstić information content (AvgIpc) is 2.48. The summed E-state index contributed by atoms with van der Waals surface area (Å²) in [6.07, 6.45) is 0. The van der Waals surface area contributed by atoms with E-state index in [4.69, 9.17) is 27.9 Å². The molecule has 0 heterocycles. The molecule has 0 bridgehead atoms. The van der Waals surface area contributed by atoms with E-state index in [0.29, 0.717) is 24.6 Å². The van der Waals surface area contributed by atoms with Crippen LogP contribution in [-0.4, -0.2) is 25.0 Å². The number of carbonyl (C=O) groups excluding carboxylic acids is 2. The second-order valence-electron chi connectivity index (χ2n) is 3.90. The van der Waals surface area contributed by atoms with Gasteiger partial charge < -0.3 is 15.4 Å². The van der Waals surface area contributed by atoms with Crippen molar-refractivity contribution in [1.29, 1.82) is 0 Å². The van der Waals surface area contributed by atoms with Crippen molar-refractivity contribution in [3.05, 3.63) is 34.3 Å². The Morgan fingerprint density at radius 1 is 1.05 bits per heavy atom. The van der Waals surface area contributed by atoms with Gasteiger partial charge in [-0.3, -0.25) is 9.59 Å². The molecule has 5 nitrogen and oxygen atoms in total. The Hall–Kier alpha value is -1.72. The molecule has 21 heavy (non-hydrogen) atoms. The number of amides is 2. The number of halogens is 2. The molecule has 0 radical (unpaired) electrons. The van der Waals surface area contributed by atoms with E-state index >= 15 is 0 Å². The zero-order valence-electron chi connectivity index (χ0n) is 11.7. The fourth-order valence-corrected chi connectivity index (χ4v) is 1.71. The highest BCUT2D eigenvalue weighted by atomic mass is 35.5. The van der Waals surface area contributed by atoms with E-state index in [9.17, 15) is 9.59 Å². The van der Waals surface area contributed by atoms with Crippen molar-refractivity contribution < 1.29 is 14.3 Å². The summed E-state index contributed by atoms with van der Waals surface area (Å²) >= 11 is 11.5. The van der Waals surface area contributed by atoms with Gasteiger partial charge in [0, 0.05) is 12.2 Å². The van der Waals surface area contributed by atoms with Gasteiger partial charge in [-0.15, -0.1) is 0 Å². The number of nitrogens with one attached hydrogen (secondary N) is 2. The van der Waals surface area contributed by atoms with Crippen molar-refractivity contribution >= 4 is 40.7 Å². The number of rotatable bonds is 6. The van der Waals surface area contributed by atoms with Gasteiger partial charge in [0.15, 0.2) is 0 Å². The molecule has 2 N–H and O–H groups in total. The Bertz CT molecular complexity index is 542. The van der Waals surface area contributed by atoms with Crippen LogP contribution < -0.4 is 15.4 Å². The topological polar surface area (TPSA) is 67.4 Å². The van der Waals surface area contributed by atoms with Crippen LogP contribution in [0.5, 0.6) is 5.75 Å². The van der Waals surface area contributed by atoms with Crippen LogP contribution >= 0.6 is 23.2 Å². The largest absolute Gasteiger partial charge is 0.494 e. The molecule has 0 atom stereocenters. The van der Waals surface area contributed by atoms with Crippen LogP contribution in [0.1, 0.15) is 13.8 Å². The maximum Gasteiger partial charge on any atom is 0.268 e. The molecule has 1 aromatic rings. The average molecular weight is 331 g/mol. The number of ether oxygens (including phenoxy) is 1. The first-order valence-electron chi connectivity index (χ1n) is 6.37. The third kappa shape index (κ3) is 5.28. The van der Waals surface area contributed by atoms with Gasteiger partial charge in [-0.2, -0.15) is 0 Å². The molecule has 2 amide bonds. The summed E-state index contributed by atoms with van der Waals surface area (Å²) in [5.41, 5.74) is 0.516. The minimum absolute atomic E-state index is 0.345. The van der Waals surface area contributed by atoms with Crippen LogP contribution in [0.15, 0.2) is 34.3 Å². The lowest BCUT2D eigenvalue weighted by Gasteiger charge is -2.08. The van der Waals surface area contributed by atoms with Gasteiger partial charge in [0.1, 0.15) is 15.8 Å². The van der Waals surface area contributed by atoms with Gasteiger partial charge in [0.05, 0.1) is 6.61 Å². The van der Waals surface area contributed by atoms with Crippen molar-refractivity contribution in [2.75, 3.05) is 18.5 Å². The molecule has 0 spiro atoms. The van der Waals surface area contributed by atoms with Crippen molar-refractivity contribution in [2.24, 2.45) is 0 Å². The SMILES string of the molecule is CCNC(=O)/C(Cl)=C(/Cl)C(=O)Nc1ccc(OCC)cc1. The second kappa shape index (κ2) is 8.54. The van der Waals surface area contributed by atoms with Crippen LogP contribution in [0.2, 0.25) is 0 Å². The Kier molecular flexibility index (Phi) is 7.05. The molecule has 1 aromatic carbocycles. The zero-order chi connectivity index (χ0) is 15.8. The molecular formula is C14H16Cl2N2O3. The van der Waals surface area contributed by atoms with E-state index < -0.39 is 11.8 Å². The maximum absolute atomic E-state index is 11.9. The van der Waals surface area contributed by atoms with Gasteiger partial charge >= 0.3 is 0 Å². The van der Waals surface area contributed by atoms with Gasteiger partial charge in [0.25, 0.3) is 11.8 Å². The first-order valence-corrected chi connectivity index (χ1v) is 7.12. The molecule has 0 aliphatic carbocycles. The number of benzene rings is 1. The predicted octanol–water partition coefficient (Wildman–Crippen LogP) is 2.85. The Morgan fingerprint density at radius 2 is 1.62 bits per heavy atom. The summed E-state index contributed by atoms with van der Waals surface area (Å²) in [6, 6.07) is 6.74. The quantitative estimate of drug-likeness (QED) is 0.788. The summed E-state index contributed by atoms with van der Waals surface area (Å²) in [4.78, 5) is 23.4. The standard InChI is InChI=1S/C14H16Cl2N2O3/c1-3-17-13(19)11(15)12(16)14(20)18-9-5-7-10(8-6-9)21-4-2/h5-8H,3-4H2,1-2H3,(H,17,19)(H,18,20)/b12-11-. The Labute approximate surface area is 133 Å². The van der Waals surface area contributed by atoms with E-state index in [1.807, 2.05) is 6.92 Å². The smallest absolute Gasteiger partial charge is 0.268 e. The van der Waals surface area contributed by atoms with E-state index in [1.165, 1.54) is 0 Å². The van der Waals surface area contributed by atoms with Crippen molar-refractivity contribution in [3.8, 4) is 5.75 Å². The fraction of sp³-hybridized carbons (Fsp3) is 0.286. The minimum atomic E-state index is -0.655. The molecule has 1 rings (SSSR count). The van der Waals surface area contributed by atoms with Crippen LogP contribution in [0.4, 0.5) is 5.69 Å². The van der Waals surface area contributed by atoms with E-state index in [2.05, 4.69) is 10.6 Å². The van der Waals surface area contributed by atoms with E-state index in [1.54, 1.807) is 31.2 Å². The number of hydrogen-bond donors (Lipinski definition) is 2. The maximum atomic E-state index is 11.9. The Balaban J connectivity index is 2.75. The summed E-state index contributed by atoms with van der Waals surface area (Å²) in [5.74, 6) is -0.555. The molecule has 0 aliphatic rings. The van der Waals surface area contributed by atoms with E-state index in [0.717, 1.165) is 0 Å². The third-order valence-corrected chi connectivity index (χ3v) is 3.17. The third-order valence-electron chi connectivity index (χ3n) is 2.35. The summed E-state index contributed by atoms with van der Waals surface area (Å²) in [6.45, 7) is 4.56. The molecule has 114 valence electrons. The van der Waals surface area contributed by atoms with Crippen LogP contribution in [0.25, 0.3) is 0 Å². The number of hydrogen-bond acceptors (Lipinski definition) is 3. The summed E-state index contributed by atoms with van der Waals surface area (Å²) in [7, 11) is 0. The lowest BCUT2D eigenvalue weighted by molar-refractivity contribution is -0.117. The molecule has 0 unspecified atom stereocenters. The van der Waals surface area contributed by atoms with Gasteiger partial charge in [-0.05, 0) is 38.1 Å². The molecule has 0 saturated carbocycles. The van der Waals surface area contributed by atoms with Crippen LogP contribution in [0, 0.1) is 0 Å². The normalized spacial score (nSPS) is 11.4. The van der Waals surface area contributed by atoms with E-state index in [-0.39, 0.29) is 10.1 Å². The first-order chi connectivity index (χ1) is 9.99. The second-order valence-corrected chi connectivity index (χ2v) is 4.65. The zero-order valence-corrected chi connectivity index (χ0v) is 13.2. The molecule has 0 aromatic heterocycles. The first kappa shape index (κ1) is 17.3. The molecule has 7 heteroatoms. The van der Waals surface area contributed by atoms with Gasteiger partial charge in [0.2, 0.25) is 0 Å². The highest BCUT2D eigenvalue weighted by Gasteiger charge is 2.17. The van der Waals surface area contributed by atoms with Gasteiger partial charge in [-0.25, -0.2) is 0 Å². The Morgan fingerprint density at radius 3 is 2.14 bits per heavy atom. The van der Waals surface area contributed by atoms with Gasteiger partial charge in [-0.1, -0.05) is 23.2 Å². The lowest BCUT2D eigenvalue weighted by Crippen LogP contribution is -2.25. The molecule has 0 saturated heterocycles. The molecular weight excluding hydrogens is 315 g/mol. The molecule has 0 fully saturated rings. The molecule has 0 aliphatic heterocycles. The van der Waals surface area contributed by atoms with Crippen molar-refractivity contribution in [2.45, 2.75) is 13.8 Å². The highest BCUT2D eigenvalue weighted by molar-refractivity contribution is 6.54. The minimum Gasteiger partial charge on any atom is -0.494 e.